The molecule has 5 nitrogen and oxygen atoms in total. The maximum atomic E-state index is 12.6. The highest BCUT2D eigenvalue weighted by Gasteiger charge is 2.16. The van der Waals surface area contributed by atoms with E-state index in [4.69, 9.17) is 9.29 Å². The number of esters is 1. The minimum atomic E-state index is -3.98. The van der Waals surface area contributed by atoms with Gasteiger partial charge in [-0.25, -0.2) is 4.79 Å². The molecule has 0 saturated heterocycles. The Balaban J connectivity index is 1.84. The van der Waals surface area contributed by atoms with Crippen LogP contribution in [0.4, 0.5) is 0 Å². The molecule has 1 N–H and O–H groups in total. The largest absolute Gasteiger partial charge is 0.462 e. The van der Waals surface area contributed by atoms with Gasteiger partial charge in [0.05, 0.1) is 17.9 Å². The van der Waals surface area contributed by atoms with E-state index < -0.39 is 16.1 Å². The second-order valence-corrected chi connectivity index (χ2v) is 7.39. The van der Waals surface area contributed by atoms with Crippen molar-refractivity contribution >= 4 is 37.6 Å². The molecule has 0 heterocycles. The molecule has 0 aliphatic carbocycles. The van der Waals surface area contributed by atoms with E-state index in [-0.39, 0.29) is 18.8 Å². The van der Waals surface area contributed by atoms with Crippen LogP contribution in [0, 0.1) is 0 Å². The van der Waals surface area contributed by atoms with Crippen LogP contribution in [-0.4, -0.2) is 31.3 Å². The first-order chi connectivity index (χ1) is 12.0. The molecule has 0 radical (unpaired) electrons. The van der Waals surface area contributed by atoms with E-state index in [0.29, 0.717) is 12.0 Å². The summed E-state index contributed by atoms with van der Waals surface area (Å²) in [7, 11) is -3.98. The second kappa shape index (κ2) is 7.21. The maximum absolute atomic E-state index is 12.6. The Hall–Kier alpha value is -2.44. The first-order valence-electron chi connectivity index (χ1n) is 7.98. The number of carbonyl (C=O) groups is 1. The van der Waals surface area contributed by atoms with E-state index in [0.717, 1.165) is 21.5 Å². The van der Waals surface area contributed by atoms with Crippen LogP contribution in [0.3, 0.4) is 0 Å². The van der Waals surface area contributed by atoms with Crippen LogP contribution >= 0.6 is 0 Å². The third kappa shape index (κ3) is 4.15. The summed E-state index contributed by atoms with van der Waals surface area (Å²) in [6.45, 7) is 0.103. The van der Waals surface area contributed by atoms with E-state index >= 15 is 0 Å². The van der Waals surface area contributed by atoms with Gasteiger partial charge in [0.2, 0.25) is 0 Å². The summed E-state index contributed by atoms with van der Waals surface area (Å²) in [6.07, 6.45) is 0.608. The fraction of sp³-hybridized carbons (Fsp3) is 0.211. The number of ether oxygens (including phenoxy) is 1. The van der Waals surface area contributed by atoms with Gasteiger partial charge in [-0.15, -0.1) is 0 Å². The molecule has 6 heteroatoms. The van der Waals surface area contributed by atoms with Crippen LogP contribution in [0.15, 0.2) is 54.6 Å². The molecule has 3 aromatic carbocycles. The van der Waals surface area contributed by atoms with E-state index in [2.05, 4.69) is 0 Å². The monoisotopic (exact) mass is 358 g/mol. The number of carbonyl (C=O) groups excluding carboxylic acids is 1. The molecular formula is C19H18O5S. The molecule has 3 rings (SSSR count). The van der Waals surface area contributed by atoms with E-state index in [1.807, 2.05) is 54.6 Å². The third-order valence-corrected chi connectivity index (χ3v) is 4.81. The van der Waals surface area contributed by atoms with Gasteiger partial charge < -0.3 is 4.74 Å². The molecule has 0 aliphatic rings. The zero-order valence-corrected chi connectivity index (χ0v) is 14.3. The van der Waals surface area contributed by atoms with E-state index in [1.165, 1.54) is 0 Å². The molecule has 0 unspecified atom stereocenters. The van der Waals surface area contributed by atoms with Crippen molar-refractivity contribution < 1.29 is 22.5 Å². The lowest BCUT2D eigenvalue weighted by Crippen LogP contribution is -2.10. The Bertz CT molecular complexity index is 970. The van der Waals surface area contributed by atoms with Gasteiger partial charge in [-0.05, 0) is 40.5 Å². The number of hydrogen-bond donors (Lipinski definition) is 1. The third-order valence-electron chi connectivity index (χ3n) is 4.01. The standard InChI is InChI=1S/C19H18O5S/c20-19(24-11-5-6-12-25(21,22)23)18-16-9-3-1-7-14(16)13-15-8-2-4-10-17(15)18/h1-4,7-10,13H,5-6,11-12H2,(H,21,22,23). The van der Waals surface area contributed by atoms with Crippen molar-refractivity contribution in [3.8, 4) is 0 Å². The average molecular weight is 358 g/mol. The van der Waals surface area contributed by atoms with Gasteiger partial charge in [-0.1, -0.05) is 48.5 Å². The molecule has 0 spiro atoms. The van der Waals surface area contributed by atoms with Crippen LogP contribution in [0.1, 0.15) is 23.2 Å². The second-order valence-electron chi connectivity index (χ2n) is 5.82. The van der Waals surface area contributed by atoms with Crippen molar-refractivity contribution in [3.05, 3.63) is 60.2 Å². The first-order valence-corrected chi connectivity index (χ1v) is 9.59. The summed E-state index contributed by atoms with van der Waals surface area (Å²) in [5.41, 5.74) is 0.517. The average Bonchev–Trinajstić information content (AvgIpc) is 2.58. The molecule has 0 saturated carbocycles. The minimum Gasteiger partial charge on any atom is -0.462 e. The van der Waals surface area contributed by atoms with Crippen molar-refractivity contribution in [2.75, 3.05) is 12.4 Å². The van der Waals surface area contributed by atoms with Gasteiger partial charge in [-0.3, -0.25) is 4.55 Å². The lowest BCUT2D eigenvalue weighted by atomic mass is 9.97. The molecule has 0 aromatic heterocycles. The SMILES string of the molecule is O=C(OCCCCS(=O)(=O)O)c1c2ccccc2cc2ccccc12. The molecule has 0 atom stereocenters. The zero-order chi connectivity index (χ0) is 17.9. The Labute approximate surface area is 146 Å². The van der Waals surface area contributed by atoms with Crippen LogP contribution in [0.2, 0.25) is 0 Å². The fourth-order valence-electron chi connectivity index (χ4n) is 2.86. The Kier molecular flexibility index (Phi) is 5.01. The summed E-state index contributed by atoms with van der Waals surface area (Å²) in [5, 5.41) is 3.56. The molecule has 3 aromatic rings. The van der Waals surface area contributed by atoms with E-state index in [1.54, 1.807) is 0 Å². The van der Waals surface area contributed by atoms with E-state index in [9.17, 15) is 13.2 Å². The predicted octanol–water partition coefficient (Wildman–Crippen LogP) is 3.82. The quantitative estimate of drug-likeness (QED) is 0.314. The van der Waals surface area contributed by atoms with Crippen LogP contribution in [-0.2, 0) is 14.9 Å². The van der Waals surface area contributed by atoms with Gasteiger partial charge >= 0.3 is 5.97 Å². The van der Waals surface area contributed by atoms with Crippen molar-refractivity contribution in [2.24, 2.45) is 0 Å². The molecule has 0 bridgehead atoms. The van der Waals surface area contributed by atoms with Crippen molar-refractivity contribution in [2.45, 2.75) is 12.8 Å². The normalized spacial score (nSPS) is 11.7. The van der Waals surface area contributed by atoms with Gasteiger partial charge in [0.15, 0.2) is 0 Å². The number of hydrogen-bond acceptors (Lipinski definition) is 4. The number of fused-ring (bicyclic) bond motifs is 2. The minimum absolute atomic E-state index is 0.103. The molecule has 25 heavy (non-hydrogen) atoms. The van der Waals surface area contributed by atoms with Crippen LogP contribution in [0.5, 0.6) is 0 Å². The summed E-state index contributed by atoms with van der Waals surface area (Å²) >= 11 is 0. The first kappa shape index (κ1) is 17.4. The van der Waals surface area contributed by atoms with Gasteiger partial charge in [-0.2, -0.15) is 8.42 Å². The summed E-state index contributed by atoms with van der Waals surface area (Å²) in [4.78, 5) is 12.6. The Morgan fingerprint density at radius 2 is 1.48 bits per heavy atom. The van der Waals surface area contributed by atoms with Crippen molar-refractivity contribution in [1.29, 1.82) is 0 Å². The van der Waals surface area contributed by atoms with Gasteiger partial charge in [0.25, 0.3) is 10.1 Å². The number of rotatable bonds is 6. The summed E-state index contributed by atoms with van der Waals surface area (Å²) in [6, 6.07) is 17.3. The fourth-order valence-corrected chi connectivity index (χ4v) is 3.43. The van der Waals surface area contributed by atoms with Crippen LogP contribution < -0.4 is 0 Å². The van der Waals surface area contributed by atoms with Gasteiger partial charge in [0, 0.05) is 0 Å². The smallest absolute Gasteiger partial charge is 0.339 e. The predicted molar refractivity (Wildman–Crippen MR) is 97.4 cm³/mol. The number of benzene rings is 3. The molecular weight excluding hydrogens is 340 g/mol. The van der Waals surface area contributed by atoms with Crippen molar-refractivity contribution in [1.82, 2.24) is 0 Å². The Morgan fingerprint density at radius 3 is 2.04 bits per heavy atom. The number of unbranched alkanes of at least 4 members (excludes halogenated alkanes) is 1. The van der Waals surface area contributed by atoms with Crippen molar-refractivity contribution in [3.63, 3.8) is 0 Å². The highest BCUT2D eigenvalue weighted by molar-refractivity contribution is 7.85. The lowest BCUT2D eigenvalue weighted by Gasteiger charge is -2.11. The highest BCUT2D eigenvalue weighted by atomic mass is 32.2. The molecule has 0 aliphatic heterocycles. The van der Waals surface area contributed by atoms with Crippen LogP contribution in [0.25, 0.3) is 21.5 Å². The molecule has 130 valence electrons. The molecule has 0 amide bonds. The maximum Gasteiger partial charge on any atom is 0.339 e. The Morgan fingerprint density at radius 1 is 0.920 bits per heavy atom. The topological polar surface area (TPSA) is 80.7 Å². The lowest BCUT2D eigenvalue weighted by molar-refractivity contribution is 0.0504. The zero-order valence-electron chi connectivity index (χ0n) is 13.5. The molecule has 0 fully saturated rings. The summed E-state index contributed by atoms with van der Waals surface area (Å²) < 4.78 is 35.4. The highest BCUT2D eigenvalue weighted by Crippen LogP contribution is 2.29. The van der Waals surface area contributed by atoms with Gasteiger partial charge in [0.1, 0.15) is 0 Å². The summed E-state index contributed by atoms with van der Waals surface area (Å²) in [5.74, 6) is -0.762.